The van der Waals surface area contributed by atoms with Crippen LogP contribution in [-0.2, 0) is 6.54 Å². The van der Waals surface area contributed by atoms with E-state index in [4.69, 9.17) is 4.74 Å². The lowest BCUT2D eigenvalue weighted by Gasteiger charge is -2.28. The van der Waals surface area contributed by atoms with Crippen LogP contribution >= 0.6 is 0 Å². The molecule has 1 aliphatic heterocycles. The largest absolute Gasteiger partial charge is 0.489 e. The van der Waals surface area contributed by atoms with E-state index in [9.17, 15) is 18.7 Å². The number of nitrogens with one attached hydrogen (secondary N) is 1. The number of likely N-dealkylation sites (N-methyl/N-ethyl adjacent to an activating group) is 1. The molecular weight excluding hydrogens is 406 g/mol. The Morgan fingerprint density at radius 1 is 1.23 bits per heavy atom. The number of ether oxygens (including phenoxy) is 1. The zero-order valence-electron chi connectivity index (χ0n) is 17.0. The SMILES string of the molecule is Cc1cc(C(=O)N[C@H]2COc3ccccc3N(C)C2O)nn1Cc1cc(F)cc(F)c1. The number of aliphatic hydroxyl groups is 1. The first-order valence-corrected chi connectivity index (χ1v) is 9.75. The van der Waals surface area contributed by atoms with Crippen LogP contribution in [0.1, 0.15) is 21.7 Å². The molecule has 0 spiro atoms. The summed E-state index contributed by atoms with van der Waals surface area (Å²) in [5.74, 6) is -1.22. The summed E-state index contributed by atoms with van der Waals surface area (Å²) in [6.07, 6.45) is -1.01. The summed E-state index contributed by atoms with van der Waals surface area (Å²) in [7, 11) is 1.72. The molecule has 2 aromatic carbocycles. The van der Waals surface area contributed by atoms with Crippen molar-refractivity contribution in [2.75, 3.05) is 18.6 Å². The number of para-hydroxylation sites is 2. The minimum Gasteiger partial charge on any atom is -0.489 e. The number of carbonyl (C=O) groups is 1. The Balaban J connectivity index is 1.48. The average molecular weight is 428 g/mol. The third-order valence-electron chi connectivity index (χ3n) is 5.21. The highest BCUT2D eigenvalue weighted by Gasteiger charge is 2.31. The molecule has 1 aliphatic rings. The van der Waals surface area contributed by atoms with Crippen LogP contribution in [-0.4, -0.2) is 46.7 Å². The molecule has 2 atom stereocenters. The van der Waals surface area contributed by atoms with Crippen LogP contribution in [0.15, 0.2) is 48.5 Å². The summed E-state index contributed by atoms with van der Waals surface area (Å²) in [5.41, 5.74) is 1.89. The maximum atomic E-state index is 13.5. The summed E-state index contributed by atoms with van der Waals surface area (Å²) in [6.45, 7) is 1.94. The zero-order valence-corrected chi connectivity index (χ0v) is 17.0. The molecule has 0 saturated heterocycles. The van der Waals surface area contributed by atoms with Crippen LogP contribution < -0.4 is 15.0 Å². The molecule has 2 heterocycles. The molecule has 7 nitrogen and oxygen atoms in total. The number of hydrogen-bond acceptors (Lipinski definition) is 5. The van der Waals surface area contributed by atoms with Crippen LogP contribution in [0.5, 0.6) is 5.75 Å². The third-order valence-corrected chi connectivity index (χ3v) is 5.21. The van der Waals surface area contributed by atoms with Gasteiger partial charge in [0.05, 0.1) is 12.2 Å². The first-order valence-electron chi connectivity index (χ1n) is 9.75. The molecular formula is C22H22F2N4O3. The predicted octanol–water partition coefficient (Wildman–Crippen LogP) is 2.46. The standard InChI is InChI=1S/C22H22F2N4O3/c1-13-7-17(26-28(13)11-14-8-15(23)10-16(24)9-14)21(29)25-18-12-31-20-6-4-3-5-19(20)27(2)22(18)30/h3-10,18,22,30H,11-12H2,1-2H3,(H,25,29)/t18-,22?/m0/s1. The van der Waals surface area contributed by atoms with Crippen LogP contribution in [0.2, 0.25) is 0 Å². The molecule has 162 valence electrons. The molecule has 1 unspecified atom stereocenters. The Kier molecular flexibility index (Phi) is 5.60. The molecule has 0 radical (unpaired) electrons. The fourth-order valence-corrected chi connectivity index (χ4v) is 3.56. The highest BCUT2D eigenvalue weighted by molar-refractivity contribution is 5.92. The van der Waals surface area contributed by atoms with Crippen LogP contribution in [0.3, 0.4) is 0 Å². The van der Waals surface area contributed by atoms with Crippen molar-refractivity contribution < 1.29 is 23.4 Å². The van der Waals surface area contributed by atoms with E-state index in [1.807, 2.05) is 18.2 Å². The second kappa shape index (κ2) is 8.35. The van der Waals surface area contributed by atoms with Crippen molar-refractivity contribution in [2.24, 2.45) is 0 Å². The van der Waals surface area contributed by atoms with Gasteiger partial charge >= 0.3 is 0 Å². The van der Waals surface area contributed by atoms with Gasteiger partial charge in [-0.3, -0.25) is 9.48 Å². The van der Waals surface area contributed by atoms with Gasteiger partial charge in [0.2, 0.25) is 0 Å². The van der Waals surface area contributed by atoms with Crippen molar-refractivity contribution in [3.05, 3.63) is 77.1 Å². The minimum atomic E-state index is -1.01. The van der Waals surface area contributed by atoms with Gasteiger partial charge in [-0.25, -0.2) is 8.78 Å². The van der Waals surface area contributed by atoms with Gasteiger partial charge in [-0.15, -0.1) is 0 Å². The summed E-state index contributed by atoms with van der Waals surface area (Å²) in [5, 5.41) is 17.7. The number of nitrogens with zero attached hydrogens (tertiary/aromatic N) is 3. The van der Waals surface area contributed by atoms with E-state index in [0.717, 1.165) is 6.07 Å². The molecule has 3 aromatic rings. The topological polar surface area (TPSA) is 79.6 Å². The van der Waals surface area contributed by atoms with Gasteiger partial charge in [0.25, 0.3) is 5.91 Å². The highest BCUT2D eigenvalue weighted by Crippen LogP contribution is 2.31. The second-order valence-electron chi connectivity index (χ2n) is 7.49. The Labute approximate surface area is 177 Å². The molecule has 4 rings (SSSR count). The fourth-order valence-electron chi connectivity index (χ4n) is 3.56. The number of fused-ring (bicyclic) bond motifs is 1. The smallest absolute Gasteiger partial charge is 0.272 e. The molecule has 0 saturated carbocycles. The predicted molar refractivity (Wildman–Crippen MR) is 110 cm³/mol. The van der Waals surface area contributed by atoms with Gasteiger partial charge < -0.3 is 20.1 Å². The molecule has 0 aliphatic carbocycles. The number of aryl methyl sites for hydroxylation is 1. The minimum absolute atomic E-state index is 0.0799. The van der Waals surface area contributed by atoms with Gasteiger partial charge in [0, 0.05) is 18.8 Å². The number of rotatable bonds is 4. The van der Waals surface area contributed by atoms with E-state index in [-0.39, 0.29) is 18.8 Å². The van der Waals surface area contributed by atoms with Gasteiger partial charge in [0.15, 0.2) is 6.23 Å². The Morgan fingerprint density at radius 3 is 2.68 bits per heavy atom. The fraction of sp³-hybridized carbons (Fsp3) is 0.273. The van der Waals surface area contributed by atoms with Gasteiger partial charge in [0.1, 0.15) is 35.7 Å². The lowest BCUT2D eigenvalue weighted by atomic mass is 10.2. The van der Waals surface area contributed by atoms with Crippen molar-refractivity contribution in [2.45, 2.75) is 25.7 Å². The van der Waals surface area contributed by atoms with E-state index < -0.39 is 29.8 Å². The molecule has 1 amide bonds. The first-order chi connectivity index (χ1) is 14.8. The Morgan fingerprint density at radius 2 is 1.94 bits per heavy atom. The third kappa shape index (κ3) is 4.36. The van der Waals surface area contributed by atoms with Crippen molar-refractivity contribution in [3.8, 4) is 5.75 Å². The number of carbonyl (C=O) groups excluding carboxylic acids is 1. The van der Waals surface area contributed by atoms with Crippen LogP contribution in [0.4, 0.5) is 14.5 Å². The average Bonchev–Trinajstić information content (AvgIpc) is 3.04. The lowest BCUT2D eigenvalue weighted by molar-refractivity contribution is 0.0766. The number of aromatic nitrogens is 2. The summed E-state index contributed by atoms with van der Waals surface area (Å²) < 4.78 is 34.2. The number of amides is 1. The Hall–Kier alpha value is -3.46. The van der Waals surface area contributed by atoms with Gasteiger partial charge in [-0.05, 0) is 42.8 Å². The van der Waals surface area contributed by atoms with Crippen molar-refractivity contribution in [1.82, 2.24) is 15.1 Å². The quantitative estimate of drug-likeness (QED) is 0.668. The van der Waals surface area contributed by atoms with Crippen LogP contribution in [0.25, 0.3) is 0 Å². The Bertz CT molecular complexity index is 1100. The lowest BCUT2D eigenvalue weighted by Crippen LogP contribution is -2.52. The van der Waals surface area contributed by atoms with E-state index in [0.29, 0.717) is 22.7 Å². The molecule has 0 bridgehead atoms. The number of anilines is 1. The van der Waals surface area contributed by atoms with E-state index in [2.05, 4.69) is 10.4 Å². The highest BCUT2D eigenvalue weighted by atomic mass is 19.1. The van der Waals surface area contributed by atoms with Crippen molar-refractivity contribution in [3.63, 3.8) is 0 Å². The number of hydrogen-bond donors (Lipinski definition) is 2. The number of aliphatic hydroxyl groups excluding tert-OH is 1. The zero-order chi connectivity index (χ0) is 22.1. The second-order valence-corrected chi connectivity index (χ2v) is 7.49. The van der Waals surface area contributed by atoms with Crippen molar-refractivity contribution >= 4 is 11.6 Å². The number of halogens is 2. The van der Waals surface area contributed by atoms with Crippen molar-refractivity contribution in [1.29, 1.82) is 0 Å². The molecule has 1 aromatic heterocycles. The maximum absolute atomic E-state index is 13.5. The molecule has 0 fully saturated rings. The van der Waals surface area contributed by atoms with E-state index in [1.165, 1.54) is 16.8 Å². The van der Waals surface area contributed by atoms with Crippen LogP contribution in [0, 0.1) is 18.6 Å². The number of benzene rings is 2. The van der Waals surface area contributed by atoms with Gasteiger partial charge in [-0.2, -0.15) is 5.10 Å². The summed E-state index contributed by atoms with van der Waals surface area (Å²) >= 11 is 0. The van der Waals surface area contributed by atoms with E-state index in [1.54, 1.807) is 31.0 Å². The summed E-state index contributed by atoms with van der Waals surface area (Å²) in [4.78, 5) is 14.4. The molecule has 31 heavy (non-hydrogen) atoms. The maximum Gasteiger partial charge on any atom is 0.272 e. The monoisotopic (exact) mass is 428 g/mol. The first kappa shape index (κ1) is 20.8. The molecule has 2 N–H and O–H groups in total. The normalized spacial score (nSPS) is 18.2. The van der Waals surface area contributed by atoms with E-state index >= 15 is 0 Å². The molecule has 9 heteroatoms. The summed E-state index contributed by atoms with van der Waals surface area (Å²) in [6, 6.07) is 11.4. The van der Waals surface area contributed by atoms with Gasteiger partial charge in [-0.1, -0.05) is 12.1 Å².